The van der Waals surface area contributed by atoms with E-state index in [1.54, 1.807) is 0 Å². The highest BCUT2D eigenvalue weighted by molar-refractivity contribution is 6.10. The predicted octanol–water partition coefficient (Wildman–Crippen LogP) is 15.3. The van der Waals surface area contributed by atoms with E-state index in [-0.39, 0.29) is 0 Å². The van der Waals surface area contributed by atoms with Crippen LogP contribution in [0.25, 0.3) is 112 Å². The van der Waals surface area contributed by atoms with Gasteiger partial charge < -0.3 is 4.57 Å². The lowest BCUT2D eigenvalue weighted by Crippen LogP contribution is -2.25. The van der Waals surface area contributed by atoms with E-state index in [0.717, 1.165) is 72.3 Å². The zero-order valence-electron chi connectivity index (χ0n) is 38.3. The summed E-state index contributed by atoms with van der Waals surface area (Å²) in [5.74, 6) is 2.62. The Hall–Kier alpha value is -9.52. The molecule has 0 amide bonds. The SMILES string of the molecule is c1ccc(-n2c(-c3cccc(-c4nc(-c5ccc6c(c5)C5(c7ccccc7-c7ccccc75)c5ccccc5-6)nc(-c5ccc6c(c5)c5ccccc5n6-c5ccccc5)n4)c3)nc3ccccc32)cc1. The van der Waals surface area contributed by atoms with Crippen molar-refractivity contribution in [1.82, 2.24) is 29.1 Å². The molecule has 0 N–H and O–H groups in total. The first-order chi connectivity index (χ1) is 35.2. The fourth-order valence-electron chi connectivity index (χ4n) is 11.8. The zero-order valence-corrected chi connectivity index (χ0v) is 38.3. The highest BCUT2D eigenvalue weighted by Crippen LogP contribution is 2.63. The number of para-hydroxylation sites is 5. The van der Waals surface area contributed by atoms with E-state index in [1.165, 1.54) is 44.5 Å². The monoisotopic (exact) mass is 904 g/mol. The topological polar surface area (TPSA) is 61.4 Å². The van der Waals surface area contributed by atoms with E-state index >= 15 is 0 Å². The minimum atomic E-state index is -0.510. The first kappa shape index (κ1) is 39.5. The molecule has 3 heterocycles. The Balaban J connectivity index is 0.957. The summed E-state index contributed by atoms with van der Waals surface area (Å²) in [5.41, 5.74) is 19.6. The van der Waals surface area contributed by atoms with Crippen LogP contribution in [0.15, 0.2) is 243 Å². The van der Waals surface area contributed by atoms with E-state index in [1.807, 2.05) is 12.1 Å². The Morgan fingerprint density at radius 2 is 0.761 bits per heavy atom. The number of rotatable bonds is 6. The molecule has 0 atom stereocenters. The van der Waals surface area contributed by atoms with E-state index in [4.69, 9.17) is 19.9 Å². The average molecular weight is 905 g/mol. The van der Waals surface area contributed by atoms with Gasteiger partial charge >= 0.3 is 0 Å². The third kappa shape index (κ3) is 5.76. The lowest BCUT2D eigenvalue weighted by molar-refractivity contribution is 0.794. The molecule has 1 spiro atoms. The van der Waals surface area contributed by atoms with Crippen molar-refractivity contribution in [2.45, 2.75) is 5.41 Å². The molecular weight excluding hydrogens is 865 g/mol. The van der Waals surface area contributed by atoms with Crippen LogP contribution in [0, 0.1) is 0 Å². The fourth-order valence-corrected chi connectivity index (χ4v) is 11.8. The second-order valence-electron chi connectivity index (χ2n) is 18.5. The van der Waals surface area contributed by atoms with Gasteiger partial charge in [0.1, 0.15) is 5.82 Å². The maximum Gasteiger partial charge on any atom is 0.164 e. The first-order valence-corrected chi connectivity index (χ1v) is 24.1. The van der Waals surface area contributed by atoms with Gasteiger partial charge in [0.2, 0.25) is 0 Å². The van der Waals surface area contributed by atoms with Gasteiger partial charge in [0.05, 0.1) is 27.5 Å². The minimum absolute atomic E-state index is 0.510. The molecule has 0 saturated carbocycles. The van der Waals surface area contributed by atoms with Crippen molar-refractivity contribution in [3.8, 4) is 79.2 Å². The molecule has 2 aliphatic rings. The zero-order chi connectivity index (χ0) is 46.6. The van der Waals surface area contributed by atoms with Crippen LogP contribution in [0.3, 0.4) is 0 Å². The van der Waals surface area contributed by atoms with Gasteiger partial charge in [0.15, 0.2) is 17.5 Å². The number of fused-ring (bicyclic) bond motifs is 14. The molecule has 6 nitrogen and oxygen atoms in total. The second-order valence-corrected chi connectivity index (χ2v) is 18.5. The smallest absolute Gasteiger partial charge is 0.164 e. The standard InChI is InChI=1S/C65H40N6/c1-3-20-45(21-4-1)70-58-32-15-10-27-51(58)52-39-42(35-37-59(52)70)62-67-61(41-18-17-19-44(38-41)64-66-57-31-14-16-33-60(57)71(64)46-22-5-2-6-23-46)68-63(69-62)43-34-36-50-49-26-9-13-30-55(49)65(56(50)40-43)53-28-11-7-24-47(53)48-25-8-12-29-54(48)65/h1-40H. The maximum absolute atomic E-state index is 5.45. The molecule has 15 rings (SSSR count). The van der Waals surface area contributed by atoms with Gasteiger partial charge in [-0.3, -0.25) is 4.57 Å². The van der Waals surface area contributed by atoms with E-state index in [9.17, 15) is 0 Å². The van der Waals surface area contributed by atoms with Gasteiger partial charge in [-0.1, -0.05) is 170 Å². The van der Waals surface area contributed by atoms with Crippen molar-refractivity contribution in [3.63, 3.8) is 0 Å². The number of hydrogen-bond acceptors (Lipinski definition) is 4. The normalized spacial score (nSPS) is 12.9. The van der Waals surface area contributed by atoms with Crippen LogP contribution in [0.1, 0.15) is 22.3 Å². The number of hydrogen-bond donors (Lipinski definition) is 0. The molecule has 0 fully saturated rings. The van der Waals surface area contributed by atoms with Crippen molar-refractivity contribution in [3.05, 3.63) is 265 Å². The molecule has 71 heavy (non-hydrogen) atoms. The molecule has 0 radical (unpaired) electrons. The Morgan fingerprint density at radius 3 is 1.42 bits per heavy atom. The summed E-state index contributed by atoms with van der Waals surface area (Å²) in [6.45, 7) is 0. The summed E-state index contributed by atoms with van der Waals surface area (Å²) in [6.07, 6.45) is 0. The molecule has 13 aromatic rings. The van der Waals surface area contributed by atoms with Crippen LogP contribution in [0.4, 0.5) is 0 Å². The van der Waals surface area contributed by atoms with Crippen LogP contribution in [-0.2, 0) is 5.41 Å². The van der Waals surface area contributed by atoms with Crippen LogP contribution in [0.2, 0.25) is 0 Å². The molecule has 10 aromatic carbocycles. The Labute approximate surface area is 409 Å². The lowest BCUT2D eigenvalue weighted by Gasteiger charge is -2.30. The van der Waals surface area contributed by atoms with Crippen LogP contribution >= 0.6 is 0 Å². The Morgan fingerprint density at radius 1 is 0.282 bits per heavy atom. The number of nitrogens with zero attached hydrogens (tertiary/aromatic N) is 6. The Kier molecular flexibility index (Phi) is 8.47. The van der Waals surface area contributed by atoms with Crippen molar-refractivity contribution < 1.29 is 0 Å². The van der Waals surface area contributed by atoms with Gasteiger partial charge in [-0.05, 0) is 117 Å². The van der Waals surface area contributed by atoms with Crippen molar-refractivity contribution >= 4 is 32.8 Å². The maximum atomic E-state index is 5.45. The summed E-state index contributed by atoms with van der Waals surface area (Å²) < 4.78 is 4.57. The van der Waals surface area contributed by atoms with E-state index in [2.05, 4.69) is 240 Å². The number of benzene rings is 10. The van der Waals surface area contributed by atoms with Crippen LogP contribution < -0.4 is 0 Å². The Bertz CT molecular complexity index is 4240. The van der Waals surface area contributed by atoms with Crippen molar-refractivity contribution in [2.75, 3.05) is 0 Å². The molecule has 6 heteroatoms. The third-order valence-corrected chi connectivity index (χ3v) is 14.8. The van der Waals surface area contributed by atoms with Crippen LogP contribution in [-0.4, -0.2) is 29.1 Å². The van der Waals surface area contributed by atoms with Gasteiger partial charge in [-0.25, -0.2) is 19.9 Å². The summed E-state index contributed by atoms with van der Waals surface area (Å²) in [7, 11) is 0. The van der Waals surface area contributed by atoms with Crippen molar-refractivity contribution in [1.29, 1.82) is 0 Å². The summed E-state index contributed by atoms with van der Waals surface area (Å²) in [4.78, 5) is 21.5. The molecule has 0 unspecified atom stereocenters. The third-order valence-electron chi connectivity index (χ3n) is 14.8. The van der Waals surface area contributed by atoms with Crippen LogP contribution in [0.5, 0.6) is 0 Å². The van der Waals surface area contributed by atoms with E-state index in [0.29, 0.717) is 17.5 Å². The molecule has 330 valence electrons. The van der Waals surface area contributed by atoms with E-state index < -0.39 is 5.41 Å². The molecule has 0 bridgehead atoms. The van der Waals surface area contributed by atoms with Gasteiger partial charge in [0, 0.05) is 44.4 Å². The number of imidazole rings is 1. The fraction of sp³-hybridized carbons (Fsp3) is 0.0154. The summed E-state index contributed by atoms with van der Waals surface area (Å²) >= 11 is 0. The molecular formula is C65H40N6. The van der Waals surface area contributed by atoms with Gasteiger partial charge in [-0.2, -0.15) is 0 Å². The quantitative estimate of drug-likeness (QED) is 0.167. The summed E-state index contributed by atoms with van der Waals surface area (Å²) in [5, 5.41) is 2.29. The van der Waals surface area contributed by atoms with Gasteiger partial charge in [0.25, 0.3) is 0 Å². The molecule has 3 aromatic heterocycles. The highest BCUT2D eigenvalue weighted by Gasteiger charge is 2.51. The van der Waals surface area contributed by atoms with Crippen molar-refractivity contribution in [2.24, 2.45) is 0 Å². The lowest BCUT2D eigenvalue weighted by atomic mass is 9.70. The predicted molar refractivity (Wildman–Crippen MR) is 287 cm³/mol. The minimum Gasteiger partial charge on any atom is -0.309 e. The molecule has 2 aliphatic carbocycles. The molecule has 0 aliphatic heterocycles. The summed E-state index contributed by atoms with van der Waals surface area (Å²) in [6, 6.07) is 86.6. The molecule has 0 saturated heterocycles. The highest BCUT2D eigenvalue weighted by atomic mass is 15.1. The largest absolute Gasteiger partial charge is 0.309 e. The van der Waals surface area contributed by atoms with Gasteiger partial charge in [-0.15, -0.1) is 0 Å². The second kappa shape index (κ2) is 15.2. The number of aromatic nitrogens is 6. The first-order valence-electron chi connectivity index (χ1n) is 24.1. The average Bonchev–Trinajstić information content (AvgIpc) is 4.18.